The summed E-state index contributed by atoms with van der Waals surface area (Å²) in [6.07, 6.45) is 5.55. The second-order valence-electron chi connectivity index (χ2n) is 6.20. The zero-order valence-corrected chi connectivity index (χ0v) is 13.5. The lowest BCUT2D eigenvalue weighted by molar-refractivity contribution is -0.123. The van der Waals surface area contributed by atoms with Crippen LogP contribution in [0.25, 0.3) is 0 Å². The van der Waals surface area contributed by atoms with Crippen molar-refractivity contribution in [3.05, 3.63) is 0 Å². The summed E-state index contributed by atoms with van der Waals surface area (Å²) in [6, 6.07) is 0.145. The molecule has 0 aromatic rings. The summed E-state index contributed by atoms with van der Waals surface area (Å²) in [4.78, 5) is 12.1. The van der Waals surface area contributed by atoms with Crippen LogP contribution in [-0.2, 0) is 9.53 Å². The van der Waals surface area contributed by atoms with Crippen LogP contribution in [0.1, 0.15) is 46.0 Å². The number of hydrogen-bond acceptors (Lipinski definition) is 3. The van der Waals surface area contributed by atoms with Crippen molar-refractivity contribution in [2.24, 2.45) is 11.8 Å². The number of ether oxygens (including phenoxy) is 1. The van der Waals surface area contributed by atoms with Crippen molar-refractivity contribution in [1.29, 1.82) is 0 Å². The SMILES string of the molecule is CC(CC(=O)NC(C)C1CCCO1)C1CCCNC1.Cl. The van der Waals surface area contributed by atoms with Crippen LogP contribution in [0.5, 0.6) is 0 Å². The van der Waals surface area contributed by atoms with Crippen LogP contribution in [-0.4, -0.2) is 37.7 Å². The van der Waals surface area contributed by atoms with Gasteiger partial charge in [-0.25, -0.2) is 0 Å². The van der Waals surface area contributed by atoms with E-state index in [2.05, 4.69) is 24.5 Å². The van der Waals surface area contributed by atoms with Crippen molar-refractivity contribution >= 4 is 18.3 Å². The Morgan fingerprint density at radius 3 is 2.75 bits per heavy atom. The van der Waals surface area contributed by atoms with E-state index in [1.54, 1.807) is 0 Å². The third kappa shape index (κ3) is 5.23. The molecule has 0 saturated carbocycles. The zero-order chi connectivity index (χ0) is 13.7. The minimum absolute atomic E-state index is 0. The van der Waals surface area contributed by atoms with Crippen molar-refractivity contribution in [1.82, 2.24) is 10.6 Å². The molecule has 2 rings (SSSR count). The van der Waals surface area contributed by atoms with Gasteiger partial charge >= 0.3 is 0 Å². The maximum atomic E-state index is 12.1. The molecule has 2 N–H and O–H groups in total. The number of piperidine rings is 1. The van der Waals surface area contributed by atoms with E-state index in [9.17, 15) is 4.79 Å². The summed E-state index contributed by atoms with van der Waals surface area (Å²) in [5.74, 6) is 1.29. The Balaban J connectivity index is 0.00000200. The predicted octanol–water partition coefficient (Wildman–Crippen LogP) is 2.12. The fourth-order valence-electron chi connectivity index (χ4n) is 3.23. The number of rotatable bonds is 5. The van der Waals surface area contributed by atoms with Gasteiger partial charge in [-0.05, 0) is 57.5 Å². The summed E-state index contributed by atoms with van der Waals surface area (Å²) in [6.45, 7) is 7.30. The molecule has 2 heterocycles. The molecule has 4 unspecified atom stereocenters. The van der Waals surface area contributed by atoms with Crippen LogP contribution in [0, 0.1) is 11.8 Å². The molecule has 0 radical (unpaired) electrons. The highest BCUT2D eigenvalue weighted by Gasteiger charge is 2.26. The first-order valence-electron chi connectivity index (χ1n) is 7.78. The van der Waals surface area contributed by atoms with Gasteiger partial charge in [-0.1, -0.05) is 6.92 Å². The minimum atomic E-state index is 0. The Bertz CT molecular complexity index is 290. The van der Waals surface area contributed by atoms with Crippen LogP contribution in [0.2, 0.25) is 0 Å². The van der Waals surface area contributed by atoms with Crippen LogP contribution < -0.4 is 10.6 Å². The number of carbonyl (C=O) groups is 1. The van der Waals surface area contributed by atoms with Crippen molar-refractivity contribution in [3.63, 3.8) is 0 Å². The van der Waals surface area contributed by atoms with E-state index < -0.39 is 0 Å². The molecular weight excluding hydrogens is 276 g/mol. The van der Waals surface area contributed by atoms with Gasteiger partial charge in [0.15, 0.2) is 0 Å². The highest BCUT2D eigenvalue weighted by Crippen LogP contribution is 2.22. The second-order valence-corrected chi connectivity index (χ2v) is 6.20. The molecule has 1 amide bonds. The monoisotopic (exact) mass is 304 g/mol. The Labute approximate surface area is 128 Å². The molecule has 2 aliphatic heterocycles. The van der Waals surface area contributed by atoms with Gasteiger partial charge in [0.05, 0.1) is 12.1 Å². The molecule has 0 spiro atoms. The number of nitrogens with one attached hydrogen (secondary N) is 2. The fraction of sp³-hybridized carbons (Fsp3) is 0.933. The summed E-state index contributed by atoms with van der Waals surface area (Å²) < 4.78 is 5.61. The largest absolute Gasteiger partial charge is 0.376 e. The first kappa shape index (κ1) is 17.7. The molecule has 2 saturated heterocycles. The fourth-order valence-corrected chi connectivity index (χ4v) is 3.23. The van der Waals surface area contributed by atoms with Gasteiger partial charge in [0.1, 0.15) is 0 Å². The Morgan fingerprint density at radius 2 is 2.15 bits per heavy atom. The van der Waals surface area contributed by atoms with E-state index in [1.807, 2.05) is 0 Å². The average molecular weight is 305 g/mol. The third-order valence-electron chi connectivity index (χ3n) is 4.56. The molecule has 0 aromatic heterocycles. The molecule has 4 nitrogen and oxygen atoms in total. The number of amides is 1. The molecule has 2 aliphatic rings. The Kier molecular flexibility index (Phi) is 7.85. The van der Waals surface area contributed by atoms with E-state index >= 15 is 0 Å². The van der Waals surface area contributed by atoms with Crippen LogP contribution in [0.15, 0.2) is 0 Å². The van der Waals surface area contributed by atoms with Gasteiger partial charge < -0.3 is 15.4 Å². The Hall–Kier alpha value is -0.320. The highest BCUT2D eigenvalue weighted by atomic mass is 35.5. The second kappa shape index (κ2) is 8.85. The van der Waals surface area contributed by atoms with Gasteiger partial charge in [0, 0.05) is 13.0 Å². The molecular formula is C15H29ClN2O2. The lowest BCUT2D eigenvalue weighted by Crippen LogP contribution is -2.42. The molecule has 118 valence electrons. The van der Waals surface area contributed by atoms with Crippen molar-refractivity contribution < 1.29 is 9.53 Å². The van der Waals surface area contributed by atoms with Gasteiger partial charge in [-0.15, -0.1) is 12.4 Å². The standard InChI is InChI=1S/C15H28N2O2.ClH/c1-11(13-5-3-7-16-10-13)9-15(18)17-12(2)14-6-4-8-19-14;/h11-14,16H,3-10H2,1-2H3,(H,17,18);1H. The number of hydrogen-bond donors (Lipinski definition) is 2. The summed E-state index contributed by atoms with van der Waals surface area (Å²) in [5.41, 5.74) is 0. The van der Waals surface area contributed by atoms with Crippen molar-refractivity contribution in [2.45, 2.75) is 58.1 Å². The zero-order valence-electron chi connectivity index (χ0n) is 12.7. The molecule has 0 aliphatic carbocycles. The van der Waals surface area contributed by atoms with Crippen molar-refractivity contribution in [2.75, 3.05) is 19.7 Å². The number of carbonyl (C=O) groups excluding carboxylic acids is 1. The topological polar surface area (TPSA) is 50.4 Å². The van der Waals surface area contributed by atoms with Crippen LogP contribution in [0.3, 0.4) is 0 Å². The van der Waals surface area contributed by atoms with E-state index in [4.69, 9.17) is 4.74 Å². The molecule has 4 atom stereocenters. The third-order valence-corrected chi connectivity index (χ3v) is 4.56. The molecule has 2 fully saturated rings. The molecule has 5 heteroatoms. The smallest absolute Gasteiger partial charge is 0.220 e. The van der Waals surface area contributed by atoms with Gasteiger partial charge in [0.25, 0.3) is 0 Å². The first-order chi connectivity index (χ1) is 9.16. The quantitative estimate of drug-likeness (QED) is 0.818. The predicted molar refractivity (Wildman–Crippen MR) is 83.2 cm³/mol. The molecule has 0 bridgehead atoms. The minimum Gasteiger partial charge on any atom is -0.376 e. The molecule has 0 aromatic carbocycles. The lowest BCUT2D eigenvalue weighted by atomic mass is 9.85. The maximum absolute atomic E-state index is 12.1. The van der Waals surface area contributed by atoms with Crippen molar-refractivity contribution in [3.8, 4) is 0 Å². The highest BCUT2D eigenvalue weighted by molar-refractivity contribution is 5.85. The van der Waals surface area contributed by atoms with Gasteiger partial charge in [-0.3, -0.25) is 4.79 Å². The summed E-state index contributed by atoms with van der Waals surface area (Å²) in [7, 11) is 0. The van der Waals surface area contributed by atoms with E-state index in [-0.39, 0.29) is 30.5 Å². The Morgan fingerprint density at radius 1 is 1.35 bits per heavy atom. The van der Waals surface area contributed by atoms with Crippen LogP contribution >= 0.6 is 12.4 Å². The first-order valence-corrected chi connectivity index (χ1v) is 7.78. The normalized spacial score (nSPS) is 29.3. The van der Waals surface area contributed by atoms with Gasteiger partial charge in [0.2, 0.25) is 5.91 Å². The van der Waals surface area contributed by atoms with Crippen LogP contribution in [0.4, 0.5) is 0 Å². The van der Waals surface area contributed by atoms with E-state index in [0.717, 1.165) is 32.5 Å². The van der Waals surface area contributed by atoms with Gasteiger partial charge in [-0.2, -0.15) is 0 Å². The maximum Gasteiger partial charge on any atom is 0.220 e. The average Bonchev–Trinajstić information content (AvgIpc) is 2.93. The molecule has 20 heavy (non-hydrogen) atoms. The van der Waals surface area contributed by atoms with E-state index in [0.29, 0.717) is 18.3 Å². The van der Waals surface area contributed by atoms with E-state index in [1.165, 1.54) is 12.8 Å². The lowest BCUT2D eigenvalue weighted by Gasteiger charge is -2.28. The summed E-state index contributed by atoms with van der Waals surface area (Å²) in [5, 5.41) is 6.53. The number of halogens is 1. The summed E-state index contributed by atoms with van der Waals surface area (Å²) >= 11 is 0.